The molecule has 2 aliphatic rings. The van der Waals surface area contributed by atoms with E-state index in [-0.39, 0.29) is 24.8 Å². The summed E-state index contributed by atoms with van der Waals surface area (Å²) in [5, 5.41) is 3.46. The molecule has 2 heterocycles. The van der Waals surface area contributed by atoms with Crippen molar-refractivity contribution in [1.82, 2.24) is 10.2 Å². The van der Waals surface area contributed by atoms with Gasteiger partial charge in [-0.2, -0.15) is 0 Å². The van der Waals surface area contributed by atoms with E-state index in [0.29, 0.717) is 12.0 Å². The van der Waals surface area contributed by atoms with Crippen molar-refractivity contribution < 1.29 is 9.47 Å². The van der Waals surface area contributed by atoms with E-state index in [2.05, 4.69) is 34.5 Å². The van der Waals surface area contributed by atoms with Crippen LogP contribution in [0, 0.1) is 5.92 Å². The summed E-state index contributed by atoms with van der Waals surface area (Å²) in [6.07, 6.45) is 2.33. The molecule has 0 radical (unpaired) electrons. The largest absolute Gasteiger partial charge is 0.497 e. The smallest absolute Gasteiger partial charge is 0.118 e. The Morgan fingerprint density at radius 3 is 2.26 bits per heavy atom. The molecule has 2 fully saturated rings. The topological polar surface area (TPSA) is 33.7 Å². The number of piperazine rings is 1. The molecular weight excluding hydrogens is 335 g/mol. The van der Waals surface area contributed by atoms with E-state index in [0.717, 1.165) is 45.1 Å². The predicted octanol–water partition coefficient (Wildman–Crippen LogP) is 2.91. The van der Waals surface area contributed by atoms with Gasteiger partial charge in [0.15, 0.2) is 0 Å². The molecule has 0 spiro atoms. The number of methoxy groups -OCH3 is 1. The maximum atomic E-state index is 5.56. The third-order valence-corrected chi connectivity index (χ3v) is 4.71. The molecule has 6 heteroatoms. The van der Waals surface area contributed by atoms with Crippen LogP contribution in [0.1, 0.15) is 24.4 Å². The zero-order chi connectivity index (χ0) is 14.5. The Kier molecular flexibility index (Phi) is 9.25. The molecule has 0 bridgehead atoms. The number of nitrogens with zero attached hydrogens (tertiary/aromatic N) is 1. The maximum absolute atomic E-state index is 5.56. The summed E-state index contributed by atoms with van der Waals surface area (Å²) < 4.78 is 10.9. The zero-order valence-electron chi connectivity index (χ0n) is 13.7. The molecule has 1 atom stereocenters. The third kappa shape index (κ3) is 5.23. The third-order valence-electron chi connectivity index (χ3n) is 4.71. The van der Waals surface area contributed by atoms with Gasteiger partial charge in [-0.3, -0.25) is 4.90 Å². The average molecular weight is 363 g/mol. The molecule has 0 aliphatic carbocycles. The molecule has 1 aromatic rings. The van der Waals surface area contributed by atoms with Gasteiger partial charge in [0.05, 0.1) is 7.11 Å². The molecule has 3 rings (SSSR count). The lowest BCUT2D eigenvalue weighted by atomic mass is 9.85. The van der Waals surface area contributed by atoms with E-state index in [1.54, 1.807) is 7.11 Å². The van der Waals surface area contributed by atoms with Crippen LogP contribution in [0.5, 0.6) is 5.75 Å². The Morgan fingerprint density at radius 2 is 1.70 bits per heavy atom. The van der Waals surface area contributed by atoms with Gasteiger partial charge in [0, 0.05) is 45.4 Å². The summed E-state index contributed by atoms with van der Waals surface area (Å²) in [6.45, 7) is 6.26. The molecule has 1 N–H and O–H groups in total. The van der Waals surface area contributed by atoms with E-state index in [4.69, 9.17) is 9.47 Å². The van der Waals surface area contributed by atoms with Gasteiger partial charge in [0.1, 0.15) is 5.75 Å². The summed E-state index contributed by atoms with van der Waals surface area (Å²) in [5.41, 5.74) is 1.42. The van der Waals surface area contributed by atoms with Gasteiger partial charge in [-0.25, -0.2) is 0 Å². The Morgan fingerprint density at radius 1 is 1.09 bits per heavy atom. The first-order valence-corrected chi connectivity index (χ1v) is 8.05. The van der Waals surface area contributed by atoms with Crippen molar-refractivity contribution in [2.24, 2.45) is 5.92 Å². The van der Waals surface area contributed by atoms with Crippen LogP contribution in [-0.4, -0.2) is 51.4 Å². The summed E-state index contributed by atoms with van der Waals surface area (Å²) >= 11 is 0. The van der Waals surface area contributed by atoms with E-state index in [1.807, 2.05) is 0 Å². The second-order valence-corrected chi connectivity index (χ2v) is 5.95. The van der Waals surface area contributed by atoms with Crippen LogP contribution in [0.2, 0.25) is 0 Å². The number of ether oxygens (including phenoxy) is 2. The Hall–Kier alpha value is -0.520. The first kappa shape index (κ1) is 20.5. The molecule has 2 aliphatic heterocycles. The molecule has 0 amide bonds. The van der Waals surface area contributed by atoms with Crippen LogP contribution in [0.25, 0.3) is 0 Å². The van der Waals surface area contributed by atoms with Crippen molar-refractivity contribution in [3.63, 3.8) is 0 Å². The van der Waals surface area contributed by atoms with Gasteiger partial charge in [-0.1, -0.05) is 12.1 Å². The van der Waals surface area contributed by atoms with Gasteiger partial charge in [0.2, 0.25) is 0 Å². The van der Waals surface area contributed by atoms with E-state index in [1.165, 1.54) is 18.4 Å². The molecule has 132 valence electrons. The zero-order valence-corrected chi connectivity index (χ0v) is 15.3. The first-order valence-electron chi connectivity index (χ1n) is 8.05. The lowest BCUT2D eigenvalue weighted by molar-refractivity contribution is 0.0213. The molecule has 4 nitrogen and oxygen atoms in total. The van der Waals surface area contributed by atoms with Gasteiger partial charge < -0.3 is 14.8 Å². The van der Waals surface area contributed by atoms with Gasteiger partial charge >= 0.3 is 0 Å². The Labute approximate surface area is 151 Å². The SMILES string of the molecule is COc1ccc([C@@H](C2CCOCC2)N2CCNCC2)cc1.Cl.Cl. The minimum atomic E-state index is 0. The normalized spacial score (nSPS) is 20.9. The molecular formula is C17H28Cl2N2O2. The van der Waals surface area contributed by atoms with Crippen LogP contribution in [0.4, 0.5) is 0 Å². The molecule has 1 aromatic carbocycles. The fraction of sp³-hybridized carbons (Fsp3) is 0.647. The van der Waals surface area contributed by atoms with Crippen LogP contribution in [-0.2, 0) is 4.74 Å². The summed E-state index contributed by atoms with van der Waals surface area (Å²) in [6, 6.07) is 9.16. The summed E-state index contributed by atoms with van der Waals surface area (Å²) in [4.78, 5) is 2.65. The number of halogens is 2. The van der Waals surface area contributed by atoms with Crippen molar-refractivity contribution in [1.29, 1.82) is 0 Å². The molecule has 0 saturated carbocycles. The van der Waals surface area contributed by atoms with Crippen LogP contribution in [0.15, 0.2) is 24.3 Å². The highest BCUT2D eigenvalue weighted by Gasteiger charge is 2.31. The predicted molar refractivity (Wildman–Crippen MR) is 98.2 cm³/mol. The van der Waals surface area contributed by atoms with E-state index >= 15 is 0 Å². The Bertz CT molecular complexity index is 415. The van der Waals surface area contributed by atoms with Gasteiger partial charge in [0.25, 0.3) is 0 Å². The first-order chi connectivity index (χ1) is 10.4. The number of nitrogens with one attached hydrogen (secondary N) is 1. The summed E-state index contributed by atoms with van der Waals surface area (Å²) in [5.74, 6) is 1.63. The average Bonchev–Trinajstić information content (AvgIpc) is 2.58. The summed E-state index contributed by atoms with van der Waals surface area (Å²) in [7, 11) is 1.72. The number of hydrogen-bond donors (Lipinski definition) is 1. The van der Waals surface area contributed by atoms with E-state index < -0.39 is 0 Å². The van der Waals surface area contributed by atoms with Crippen molar-refractivity contribution in [3.05, 3.63) is 29.8 Å². The monoisotopic (exact) mass is 362 g/mol. The Balaban J connectivity index is 0.00000132. The van der Waals surface area contributed by atoms with Crippen LogP contribution < -0.4 is 10.1 Å². The minimum Gasteiger partial charge on any atom is -0.497 e. The minimum absolute atomic E-state index is 0. The van der Waals surface area contributed by atoms with Crippen LogP contribution in [0.3, 0.4) is 0 Å². The molecule has 23 heavy (non-hydrogen) atoms. The lowest BCUT2D eigenvalue weighted by Gasteiger charge is -2.41. The molecule has 2 saturated heterocycles. The van der Waals surface area contributed by atoms with Crippen molar-refractivity contribution in [2.75, 3.05) is 46.5 Å². The highest BCUT2D eigenvalue weighted by Crippen LogP contribution is 2.35. The van der Waals surface area contributed by atoms with Gasteiger partial charge in [-0.15, -0.1) is 24.8 Å². The molecule has 0 unspecified atom stereocenters. The highest BCUT2D eigenvalue weighted by molar-refractivity contribution is 5.85. The van der Waals surface area contributed by atoms with E-state index in [9.17, 15) is 0 Å². The second kappa shape index (κ2) is 10.4. The molecule has 0 aromatic heterocycles. The fourth-order valence-electron chi connectivity index (χ4n) is 3.57. The quantitative estimate of drug-likeness (QED) is 0.892. The van der Waals surface area contributed by atoms with Crippen molar-refractivity contribution in [3.8, 4) is 5.75 Å². The highest BCUT2D eigenvalue weighted by atomic mass is 35.5. The van der Waals surface area contributed by atoms with Gasteiger partial charge in [-0.05, 0) is 36.5 Å². The van der Waals surface area contributed by atoms with Crippen molar-refractivity contribution in [2.45, 2.75) is 18.9 Å². The number of hydrogen-bond acceptors (Lipinski definition) is 4. The maximum Gasteiger partial charge on any atom is 0.118 e. The van der Waals surface area contributed by atoms with Crippen LogP contribution >= 0.6 is 24.8 Å². The lowest BCUT2D eigenvalue weighted by Crippen LogP contribution is -2.47. The standard InChI is InChI=1S/C17H26N2O2.2ClH/c1-20-16-4-2-14(3-5-16)17(15-6-12-21-13-7-15)19-10-8-18-9-11-19;;/h2-5,15,17-18H,6-13H2,1H3;2*1H/t17-;;/m0../s1. The van der Waals surface area contributed by atoms with Crippen molar-refractivity contribution >= 4 is 24.8 Å². The number of rotatable bonds is 4. The fourth-order valence-corrected chi connectivity index (χ4v) is 3.57. The number of benzene rings is 1. The second-order valence-electron chi connectivity index (χ2n) is 5.95.